The summed E-state index contributed by atoms with van der Waals surface area (Å²) in [6, 6.07) is 9.87. The van der Waals surface area contributed by atoms with Gasteiger partial charge in [0.2, 0.25) is 0 Å². The van der Waals surface area contributed by atoms with Crippen molar-refractivity contribution in [3.8, 4) is 0 Å². The Morgan fingerprint density at radius 1 is 0.724 bits per heavy atom. The molecule has 2 aliphatic carbocycles. The molecule has 4 heteroatoms. The first-order valence-corrected chi connectivity index (χ1v) is 15.3. The van der Waals surface area contributed by atoms with Gasteiger partial charge in [0.25, 0.3) is 0 Å². The summed E-state index contributed by atoms with van der Waals surface area (Å²) in [7, 11) is 0. The molecular formula is C25H37Cl2SiZr-3. The average Bonchev–Trinajstić information content (AvgIpc) is 3.02. The molecule has 2 aliphatic rings. The van der Waals surface area contributed by atoms with E-state index in [9.17, 15) is 0 Å². The van der Waals surface area contributed by atoms with Crippen molar-refractivity contribution in [1.29, 1.82) is 0 Å². The number of hydrogen-bond donors (Lipinski definition) is 0. The zero-order valence-electron chi connectivity index (χ0n) is 19.3. The van der Waals surface area contributed by atoms with Crippen LogP contribution in [-0.4, -0.2) is 6.88 Å². The Bertz CT molecular complexity index is 686. The van der Waals surface area contributed by atoms with Crippen LogP contribution in [0.3, 0.4) is 0 Å². The fourth-order valence-electron chi connectivity index (χ4n) is 2.80. The van der Waals surface area contributed by atoms with E-state index < -0.39 is 0 Å². The van der Waals surface area contributed by atoms with Crippen LogP contribution >= 0.6 is 24.8 Å². The number of allylic oxidation sites excluding steroid dienone is 8. The third kappa shape index (κ3) is 11.6. The first-order chi connectivity index (χ1) is 12.6. The van der Waals surface area contributed by atoms with Crippen molar-refractivity contribution in [2.45, 2.75) is 55.4 Å². The van der Waals surface area contributed by atoms with Crippen LogP contribution in [0.4, 0.5) is 0 Å². The summed E-state index contributed by atoms with van der Waals surface area (Å²) in [5.74, 6) is 1.12. The van der Waals surface area contributed by atoms with Gasteiger partial charge >= 0.3 is 30.2 Å². The van der Waals surface area contributed by atoms with Gasteiger partial charge in [0, 0.05) is 0 Å². The van der Waals surface area contributed by atoms with Gasteiger partial charge in [0.15, 0.2) is 0 Å². The molecular weight excluding hydrogens is 490 g/mol. The van der Waals surface area contributed by atoms with Gasteiger partial charge in [0.1, 0.15) is 0 Å². The van der Waals surface area contributed by atoms with Crippen LogP contribution in [0, 0.1) is 30.9 Å². The second-order valence-electron chi connectivity index (χ2n) is 7.08. The Kier molecular flexibility index (Phi) is 20.0. The topological polar surface area (TPSA) is 0 Å². The van der Waals surface area contributed by atoms with Crippen LogP contribution in [0.5, 0.6) is 0 Å². The van der Waals surface area contributed by atoms with Gasteiger partial charge < -0.3 is 0 Å². The van der Waals surface area contributed by atoms with Crippen LogP contribution in [0.1, 0.15) is 61.0 Å². The second kappa shape index (κ2) is 17.4. The monoisotopic (exact) mass is 525 g/mol. The summed E-state index contributed by atoms with van der Waals surface area (Å²) in [6.07, 6.45) is 6.72. The van der Waals surface area contributed by atoms with Crippen LogP contribution in [0.25, 0.3) is 0 Å². The Morgan fingerprint density at radius 3 is 1.14 bits per heavy atom. The average molecular weight is 528 g/mol. The number of benzene rings is 1. The predicted molar refractivity (Wildman–Crippen MR) is 134 cm³/mol. The van der Waals surface area contributed by atoms with Crippen molar-refractivity contribution in [2.75, 3.05) is 0 Å². The van der Waals surface area contributed by atoms with E-state index in [-0.39, 0.29) is 24.8 Å². The van der Waals surface area contributed by atoms with Crippen LogP contribution in [0.15, 0.2) is 63.8 Å². The van der Waals surface area contributed by atoms with E-state index in [1.54, 1.807) is 23.3 Å². The molecule has 3 rings (SSSR count). The van der Waals surface area contributed by atoms with E-state index >= 15 is 0 Å². The SMILES string of the molecule is CC1=[C-]C(C)C(C)=C1C.CC1=[C-]C(C)C(C)=C1C.Cl.Cl.[CH2-]c1ccccc1.[SiH2]=[Zr]. The Labute approximate surface area is 209 Å². The molecule has 2 atom stereocenters. The van der Waals surface area contributed by atoms with Gasteiger partial charge in [0.05, 0.1) is 0 Å². The fraction of sp³-hybridized carbons (Fsp3) is 0.400. The molecule has 0 aliphatic heterocycles. The number of rotatable bonds is 0. The number of hydrogen-bond acceptors (Lipinski definition) is 0. The van der Waals surface area contributed by atoms with Crippen molar-refractivity contribution >= 4 is 31.7 Å². The minimum atomic E-state index is 0. The van der Waals surface area contributed by atoms with E-state index in [1.807, 2.05) is 37.2 Å². The van der Waals surface area contributed by atoms with Gasteiger partial charge in [-0.2, -0.15) is 46.9 Å². The molecule has 0 radical (unpaired) electrons. The molecule has 0 amide bonds. The second-order valence-corrected chi connectivity index (χ2v) is 7.08. The van der Waals surface area contributed by atoms with Crippen LogP contribution < -0.4 is 0 Å². The zero-order chi connectivity index (χ0) is 21.1. The van der Waals surface area contributed by atoms with Gasteiger partial charge in [-0.05, 0) is 0 Å². The molecule has 2 unspecified atom stereocenters. The Hall–Kier alpha value is -0.270. The molecule has 29 heavy (non-hydrogen) atoms. The standard InChI is InChI=1S/2C9H13.C7H7.2ClH.H2Si.Zr/c2*1-6-5-7(2)9(4)8(6)3;1-7-5-3-2-4-6-7;;;;/h2*6H,1-4H3;2-6H,1H2;2*1H;1H2;/q3*-1;;;;. The first kappa shape index (κ1) is 33.4. The third-order valence-corrected chi connectivity index (χ3v) is 5.32. The summed E-state index contributed by atoms with van der Waals surface area (Å²) in [6.45, 7) is 23.0. The quantitative estimate of drug-likeness (QED) is 0.246. The molecule has 0 aromatic heterocycles. The van der Waals surface area contributed by atoms with E-state index in [0.29, 0.717) is 11.8 Å². The molecule has 0 N–H and O–H groups in total. The van der Waals surface area contributed by atoms with Gasteiger partial charge in [-0.15, -0.1) is 50.8 Å². The summed E-state index contributed by atoms with van der Waals surface area (Å²) in [4.78, 5) is 0. The summed E-state index contributed by atoms with van der Waals surface area (Å²) in [5.41, 5.74) is 9.56. The fourth-order valence-corrected chi connectivity index (χ4v) is 2.80. The summed E-state index contributed by atoms with van der Waals surface area (Å²) < 4.78 is 0. The van der Waals surface area contributed by atoms with Crippen molar-refractivity contribution < 1.29 is 23.3 Å². The van der Waals surface area contributed by atoms with E-state index in [2.05, 4.69) is 74.5 Å². The van der Waals surface area contributed by atoms with Crippen molar-refractivity contribution in [1.82, 2.24) is 0 Å². The molecule has 0 saturated heterocycles. The third-order valence-electron chi connectivity index (χ3n) is 5.32. The molecule has 1 aromatic carbocycles. The van der Waals surface area contributed by atoms with Gasteiger partial charge in [-0.3, -0.25) is 12.2 Å². The molecule has 0 bridgehead atoms. The van der Waals surface area contributed by atoms with Crippen LogP contribution in [0.2, 0.25) is 0 Å². The maximum absolute atomic E-state index is 3.72. The van der Waals surface area contributed by atoms with E-state index in [4.69, 9.17) is 0 Å². The molecule has 0 spiro atoms. The predicted octanol–water partition coefficient (Wildman–Crippen LogP) is 7.24. The molecule has 162 valence electrons. The van der Waals surface area contributed by atoms with Crippen molar-refractivity contribution in [2.24, 2.45) is 11.8 Å². The van der Waals surface area contributed by atoms with E-state index in [1.165, 1.54) is 33.4 Å². The minimum absolute atomic E-state index is 0. The zero-order valence-corrected chi connectivity index (χ0v) is 24.8. The summed E-state index contributed by atoms with van der Waals surface area (Å²) >= 11 is 1.58. The Morgan fingerprint density at radius 2 is 1.03 bits per heavy atom. The van der Waals surface area contributed by atoms with Crippen LogP contribution in [-0.2, 0) is 23.3 Å². The molecule has 0 nitrogen and oxygen atoms in total. The van der Waals surface area contributed by atoms with E-state index in [0.717, 1.165) is 5.56 Å². The maximum atomic E-state index is 3.72. The summed E-state index contributed by atoms with van der Waals surface area (Å²) in [5, 5.41) is 0. The molecule has 0 saturated carbocycles. The van der Waals surface area contributed by atoms with Crippen molar-refractivity contribution in [3.05, 3.63) is 88.4 Å². The Balaban J connectivity index is -0.000000326. The molecule has 0 heterocycles. The first-order valence-electron chi connectivity index (χ1n) is 9.43. The number of halogens is 2. The normalized spacial score (nSPS) is 19.0. The molecule has 1 aromatic rings. The van der Waals surface area contributed by atoms with Crippen molar-refractivity contribution in [3.63, 3.8) is 0 Å². The van der Waals surface area contributed by atoms with Gasteiger partial charge in [-0.1, -0.05) is 59.4 Å². The molecule has 0 fully saturated rings. The van der Waals surface area contributed by atoms with Gasteiger partial charge in [-0.25, -0.2) is 11.1 Å².